The zero-order chi connectivity index (χ0) is 11.6. The molecule has 1 N–H and O–H groups in total. The van der Waals surface area contributed by atoms with Crippen molar-refractivity contribution in [2.75, 3.05) is 0 Å². The second kappa shape index (κ2) is 3.02. The first-order chi connectivity index (χ1) is 7.36. The molecule has 1 saturated heterocycles. The van der Waals surface area contributed by atoms with Gasteiger partial charge in [0.2, 0.25) is 0 Å². The number of hydrogen-bond acceptors (Lipinski definition) is 2. The Hall–Kier alpha value is -0.0800. The summed E-state index contributed by atoms with van der Waals surface area (Å²) in [4.78, 5) is 6.09. The van der Waals surface area contributed by atoms with Crippen LogP contribution in [0.4, 0.5) is 0 Å². The van der Waals surface area contributed by atoms with Crippen molar-refractivity contribution in [2.24, 2.45) is 16.7 Å². The van der Waals surface area contributed by atoms with E-state index in [0.29, 0.717) is 16.9 Å². The third kappa shape index (κ3) is 1.32. The van der Waals surface area contributed by atoms with Crippen molar-refractivity contribution in [3.63, 3.8) is 0 Å². The van der Waals surface area contributed by atoms with Crippen molar-refractivity contribution < 1.29 is 4.84 Å². The quantitative estimate of drug-likeness (QED) is 0.680. The van der Waals surface area contributed by atoms with Gasteiger partial charge < -0.3 is 0 Å². The minimum atomic E-state index is 0.169. The number of nitrogens with one attached hydrogen (secondary N) is 1. The Morgan fingerprint density at radius 1 is 1.00 bits per heavy atom. The lowest BCUT2D eigenvalue weighted by molar-refractivity contribution is -0.149. The van der Waals surface area contributed by atoms with Gasteiger partial charge in [-0.15, -0.1) is 0 Å². The number of fused-ring (bicyclic) bond motifs is 1. The molecular formula is C14H25NO. The molecule has 2 bridgehead atoms. The third-order valence-electron chi connectivity index (χ3n) is 5.63. The fraction of sp³-hybridized carbons (Fsp3) is 1.00. The van der Waals surface area contributed by atoms with E-state index in [1.807, 2.05) is 0 Å². The molecule has 0 unspecified atom stereocenters. The molecule has 1 spiro atoms. The van der Waals surface area contributed by atoms with E-state index < -0.39 is 0 Å². The van der Waals surface area contributed by atoms with Crippen LogP contribution in [0.3, 0.4) is 0 Å². The van der Waals surface area contributed by atoms with Crippen LogP contribution in [0.1, 0.15) is 59.8 Å². The predicted molar refractivity (Wildman–Crippen MR) is 64.9 cm³/mol. The van der Waals surface area contributed by atoms with Crippen LogP contribution in [0.2, 0.25) is 0 Å². The molecule has 3 fully saturated rings. The van der Waals surface area contributed by atoms with Crippen molar-refractivity contribution in [1.29, 1.82) is 0 Å². The molecule has 0 radical (unpaired) electrons. The average molecular weight is 223 g/mol. The molecule has 2 nitrogen and oxygen atoms in total. The van der Waals surface area contributed by atoms with Crippen LogP contribution in [0.5, 0.6) is 0 Å². The van der Waals surface area contributed by atoms with Gasteiger partial charge >= 0.3 is 0 Å². The summed E-state index contributed by atoms with van der Waals surface area (Å²) in [6.45, 7) is 9.68. The molecule has 0 aromatic heterocycles. The van der Waals surface area contributed by atoms with Crippen LogP contribution >= 0.6 is 0 Å². The largest absolute Gasteiger partial charge is 0.295 e. The molecular weight excluding hydrogens is 198 g/mol. The Labute approximate surface area is 99.1 Å². The van der Waals surface area contributed by atoms with Crippen LogP contribution in [0.15, 0.2) is 0 Å². The maximum Gasteiger partial charge on any atom is 0.0946 e. The zero-order valence-corrected chi connectivity index (χ0v) is 11.1. The second-order valence-corrected chi connectivity index (χ2v) is 7.63. The van der Waals surface area contributed by atoms with Gasteiger partial charge in [-0.05, 0) is 48.9 Å². The molecule has 0 aromatic carbocycles. The van der Waals surface area contributed by atoms with E-state index in [-0.39, 0.29) is 5.60 Å². The van der Waals surface area contributed by atoms with Crippen molar-refractivity contribution in [3.05, 3.63) is 0 Å². The SMILES string of the molecule is CC1(C)C[C@H]2C(C)(C)CCC[C@@]23C[C@@H]1NO3. The van der Waals surface area contributed by atoms with E-state index in [0.717, 1.165) is 5.92 Å². The molecule has 16 heavy (non-hydrogen) atoms. The van der Waals surface area contributed by atoms with E-state index in [4.69, 9.17) is 4.84 Å². The molecule has 1 aliphatic heterocycles. The van der Waals surface area contributed by atoms with Crippen molar-refractivity contribution in [2.45, 2.75) is 71.4 Å². The Kier molecular flexibility index (Phi) is 2.09. The maximum absolute atomic E-state index is 6.09. The number of hydroxylamine groups is 1. The van der Waals surface area contributed by atoms with Crippen LogP contribution in [0.25, 0.3) is 0 Å². The maximum atomic E-state index is 6.09. The van der Waals surface area contributed by atoms with Crippen LogP contribution < -0.4 is 5.48 Å². The highest BCUT2D eigenvalue weighted by Crippen LogP contribution is 2.60. The predicted octanol–water partition coefficient (Wildman–Crippen LogP) is 3.27. The highest BCUT2D eigenvalue weighted by Gasteiger charge is 2.61. The Bertz CT molecular complexity index is 310. The minimum Gasteiger partial charge on any atom is -0.295 e. The molecule has 3 aliphatic rings. The van der Waals surface area contributed by atoms with E-state index in [9.17, 15) is 0 Å². The topological polar surface area (TPSA) is 21.3 Å². The normalized spacial score (nSPS) is 48.8. The summed E-state index contributed by atoms with van der Waals surface area (Å²) in [6.07, 6.45) is 6.51. The molecule has 2 saturated carbocycles. The molecule has 92 valence electrons. The van der Waals surface area contributed by atoms with Gasteiger partial charge in [0, 0.05) is 6.04 Å². The molecule has 3 atom stereocenters. The van der Waals surface area contributed by atoms with Gasteiger partial charge in [0.1, 0.15) is 0 Å². The fourth-order valence-electron chi connectivity index (χ4n) is 4.45. The summed E-state index contributed by atoms with van der Waals surface area (Å²) in [5.74, 6) is 0.731. The van der Waals surface area contributed by atoms with E-state index in [2.05, 4.69) is 33.2 Å². The van der Waals surface area contributed by atoms with Crippen molar-refractivity contribution in [3.8, 4) is 0 Å². The molecule has 2 aliphatic carbocycles. The molecule has 0 aromatic rings. The Morgan fingerprint density at radius 2 is 1.75 bits per heavy atom. The van der Waals surface area contributed by atoms with Gasteiger partial charge in [0.05, 0.1) is 5.60 Å². The van der Waals surface area contributed by atoms with Crippen LogP contribution in [-0.4, -0.2) is 11.6 Å². The number of rotatable bonds is 0. The Morgan fingerprint density at radius 3 is 2.50 bits per heavy atom. The van der Waals surface area contributed by atoms with Crippen LogP contribution in [0, 0.1) is 16.7 Å². The van der Waals surface area contributed by atoms with Gasteiger partial charge in [-0.2, -0.15) is 5.48 Å². The molecule has 2 heteroatoms. The Balaban J connectivity index is 1.99. The van der Waals surface area contributed by atoms with E-state index in [1.54, 1.807) is 0 Å². The molecule has 3 rings (SSSR count). The number of hydrogen-bond donors (Lipinski definition) is 1. The summed E-state index contributed by atoms with van der Waals surface area (Å²) >= 11 is 0. The highest BCUT2D eigenvalue weighted by molar-refractivity contribution is 5.11. The summed E-state index contributed by atoms with van der Waals surface area (Å²) in [5.41, 5.74) is 4.34. The first-order valence-electron chi connectivity index (χ1n) is 6.79. The summed E-state index contributed by atoms with van der Waals surface area (Å²) in [5, 5.41) is 0. The zero-order valence-electron chi connectivity index (χ0n) is 11.1. The first kappa shape index (κ1) is 11.0. The summed E-state index contributed by atoms with van der Waals surface area (Å²) in [6, 6.07) is 0.567. The monoisotopic (exact) mass is 223 g/mol. The van der Waals surface area contributed by atoms with Crippen LogP contribution in [-0.2, 0) is 4.84 Å². The average Bonchev–Trinajstić information content (AvgIpc) is 2.53. The lowest BCUT2D eigenvalue weighted by Crippen LogP contribution is -2.54. The van der Waals surface area contributed by atoms with E-state index in [1.165, 1.54) is 32.1 Å². The standard InChI is InChI=1S/C14H25NO/c1-12(2)6-5-7-14-9-11(15-16-14)13(3,4)8-10(12)14/h10-11,15H,5-9H2,1-4H3/t10-,11-,14+/m0/s1. The smallest absolute Gasteiger partial charge is 0.0946 e. The molecule has 1 heterocycles. The fourth-order valence-corrected chi connectivity index (χ4v) is 4.45. The van der Waals surface area contributed by atoms with Gasteiger partial charge in [0.25, 0.3) is 0 Å². The van der Waals surface area contributed by atoms with Gasteiger partial charge in [-0.1, -0.05) is 27.7 Å². The first-order valence-corrected chi connectivity index (χ1v) is 6.79. The summed E-state index contributed by atoms with van der Waals surface area (Å²) < 4.78 is 0. The third-order valence-corrected chi connectivity index (χ3v) is 5.63. The minimum absolute atomic E-state index is 0.169. The van der Waals surface area contributed by atoms with Gasteiger partial charge in [-0.25, -0.2) is 0 Å². The molecule has 0 amide bonds. The van der Waals surface area contributed by atoms with Gasteiger partial charge in [-0.3, -0.25) is 4.84 Å². The van der Waals surface area contributed by atoms with Crippen molar-refractivity contribution >= 4 is 0 Å². The lowest BCUT2D eigenvalue weighted by Gasteiger charge is -2.54. The van der Waals surface area contributed by atoms with Crippen molar-refractivity contribution in [1.82, 2.24) is 5.48 Å². The van der Waals surface area contributed by atoms with Gasteiger partial charge in [0.15, 0.2) is 0 Å². The summed E-state index contributed by atoms with van der Waals surface area (Å²) in [7, 11) is 0. The lowest BCUT2D eigenvalue weighted by atomic mass is 9.51. The van der Waals surface area contributed by atoms with E-state index >= 15 is 0 Å². The second-order valence-electron chi connectivity index (χ2n) is 7.63. The highest BCUT2D eigenvalue weighted by atomic mass is 16.7.